The van der Waals surface area contributed by atoms with Gasteiger partial charge in [-0.2, -0.15) is 4.72 Å². The van der Waals surface area contributed by atoms with Crippen molar-refractivity contribution in [1.82, 2.24) is 4.72 Å². The van der Waals surface area contributed by atoms with Crippen LogP contribution in [0.3, 0.4) is 0 Å². The van der Waals surface area contributed by atoms with Gasteiger partial charge in [0.15, 0.2) is 0 Å². The van der Waals surface area contributed by atoms with Crippen molar-refractivity contribution in [3.63, 3.8) is 0 Å². The standard InChI is InChI=1S/C14H19NO5S/c1-10-5-3-4-6-11(10)9-21(18,19)15-14(13(16)17)7-12(8-14)20-2/h3-6,12,15H,7-9H2,1-2H3,(H,16,17). The van der Waals surface area contributed by atoms with Gasteiger partial charge in [0.05, 0.1) is 11.9 Å². The van der Waals surface area contributed by atoms with E-state index in [0.29, 0.717) is 5.56 Å². The highest BCUT2D eigenvalue weighted by Crippen LogP contribution is 2.35. The number of rotatable bonds is 6. The van der Waals surface area contributed by atoms with Gasteiger partial charge in [-0.3, -0.25) is 4.79 Å². The summed E-state index contributed by atoms with van der Waals surface area (Å²) in [6, 6.07) is 7.13. The molecule has 1 aliphatic carbocycles. The Labute approximate surface area is 124 Å². The van der Waals surface area contributed by atoms with Crippen LogP contribution in [0.2, 0.25) is 0 Å². The number of carboxylic acid groups (broad SMARTS) is 1. The topological polar surface area (TPSA) is 92.7 Å². The largest absolute Gasteiger partial charge is 0.480 e. The summed E-state index contributed by atoms with van der Waals surface area (Å²) in [4.78, 5) is 11.4. The van der Waals surface area contributed by atoms with E-state index in [-0.39, 0.29) is 24.7 Å². The third kappa shape index (κ3) is 3.42. The number of carboxylic acids is 1. The molecule has 0 radical (unpaired) electrons. The van der Waals surface area contributed by atoms with Crippen molar-refractivity contribution in [2.24, 2.45) is 0 Å². The van der Waals surface area contributed by atoms with Gasteiger partial charge in [-0.25, -0.2) is 8.42 Å². The Morgan fingerprint density at radius 2 is 2.05 bits per heavy atom. The van der Waals surface area contributed by atoms with E-state index in [9.17, 15) is 18.3 Å². The minimum absolute atomic E-state index is 0.145. The number of hydrogen-bond donors (Lipinski definition) is 2. The van der Waals surface area contributed by atoms with Crippen molar-refractivity contribution in [2.45, 2.75) is 37.2 Å². The molecule has 0 aromatic heterocycles. The summed E-state index contributed by atoms with van der Waals surface area (Å²) in [6.07, 6.45) is 0.0692. The molecule has 0 spiro atoms. The van der Waals surface area contributed by atoms with Crippen molar-refractivity contribution in [3.05, 3.63) is 35.4 Å². The SMILES string of the molecule is COC1CC(NS(=O)(=O)Cc2ccccc2C)(C(=O)O)C1. The number of carbonyl (C=O) groups is 1. The monoisotopic (exact) mass is 313 g/mol. The maximum Gasteiger partial charge on any atom is 0.325 e. The maximum atomic E-state index is 12.2. The highest BCUT2D eigenvalue weighted by atomic mass is 32.2. The molecule has 0 unspecified atom stereocenters. The number of aryl methyl sites for hydroxylation is 1. The van der Waals surface area contributed by atoms with Gasteiger partial charge < -0.3 is 9.84 Å². The number of ether oxygens (including phenoxy) is 1. The lowest BCUT2D eigenvalue weighted by Crippen LogP contribution is -2.64. The maximum absolute atomic E-state index is 12.2. The number of nitrogens with one attached hydrogen (secondary N) is 1. The molecule has 0 amide bonds. The van der Waals surface area contributed by atoms with Crippen molar-refractivity contribution in [2.75, 3.05) is 7.11 Å². The molecule has 0 aliphatic heterocycles. The van der Waals surface area contributed by atoms with Gasteiger partial charge in [-0.15, -0.1) is 0 Å². The van der Waals surface area contributed by atoms with Crippen LogP contribution in [-0.4, -0.2) is 38.2 Å². The smallest absolute Gasteiger partial charge is 0.325 e. The number of aliphatic carboxylic acids is 1. The molecule has 0 bridgehead atoms. The number of sulfonamides is 1. The van der Waals surface area contributed by atoms with Crippen molar-refractivity contribution in [1.29, 1.82) is 0 Å². The molecule has 0 saturated heterocycles. The van der Waals surface area contributed by atoms with Gasteiger partial charge in [0.1, 0.15) is 5.54 Å². The molecule has 0 atom stereocenters. The molecule has 7 heteroatoms. The van der Waals surface area contributed by atoms with Crippen LogP contribution in [0.5, 0.6) is 0 Å². The fraction of sp³-hybridized carbons (Fsp3) is 0.500. The summed E-state index contributed by atoms with van der Waals surface area (Å²) in [6.45, 7) is 1.82. The highest BCUT2D eigenvalue weighted by Gasteiger charge is 2.53. The molecule has 1 aliphatic rings. The third-order valence-corrected chi connectivity index (χ3v) is 5.25. The van der Waals surface area contributed by atoms with Crippen LogP contribution in [0, 0.1) is 6.92 Å². The molecular weight excluding hydrogens is 294 g/mol. The fourth-order valence-corrected chi connectivity index (χ4v) is 4.15. The predicted molar refractivity (Wildman–Crippen MR) is 77.3 cm³/mol. The molecule has 6 nitrogen and oxygen atoms in total. The lowest BCUT2D eigenvalue weighted by Gasteiger charge is -2.43. The lowest BCUT2D eigenvalue weighted by molar-refractivity contribution is -0.154. The Morgan fingerprint density at radius 1 is 1.43 bits per heavy atom. The summed E-state index contributed by atoms with van der Waals surface area (Å²) < 4.78 is 31.9. The zero-order valence-corrected chi connectivity index (χ0v) is 12.8. The number of benzene rings is 1. The van der Waals surface area contributed by atoms with E-state index < -0.39 is 21.5 Å². The Kier molecular flexibility index (Phi) is 4.36. The van der Waals surface area contributed by atoms with Gasteiger partial charge in [0, 0.05) is 20.0 Å². The molecule has 21 heavy (non-hydrogen) atoms. The number of hydrogen-bond acceptors (Lipinski definition) is 4. The van der Waals surface area contributed by atoms with E-state index in [1.165, 1.54) is 7.11 Å². The van der Waals surface area contributed by atoms with Gasteiger partial charge >= 0.3 is 5.97 Å². The Morgan fingerprint density at radius 3 is 2.57 bits per heavy atom. The van der Waals surface area contributed by atoms with Gasteiger partial charge in [0.25, 0.3) is 0 Å². The van der Waals surface area contributed by atoms with Crippen LogP contribution >= 0.6 is 0 Å². The molecule has 1 fully saturated rings. The zero-order chi connectivity index (χ0) is 15.7. The van der Waals surface area contributed by atoms with Gasteiger partial charge in [0.2, 0.25) is 10.0 Å². The fourth-order valence-electron chi connectivity index (χ4n) is 2.50. The molecule has 2 rings (SSSR count). The number of methoxy groups -OCH3 is 1. The molecular formula is C14H19NO5S. The summed E-state index contributed by atoms with van der Waals surface area (Å²) in [5.74, 6) is -1.39. The second-order valence-corrected chi connectivity index (χ2v) is 7.16. The molecule has 1 saturated carbocycles. The predicted octanol–water partition coefficient (Wildman–Crippen LogP) is 1.05. The molecule has 2 N–H and O–H groups in total. The van der Waals surface area contributed by atoms with Crippen LogP contribution in [0.1, 0.15) is 24.0 Å². The summed E-state index contributed by atoms with van der Waals surface area (Å²) in [5, 5.41) is 9.30. The average Bonchev–Trinajstić information content (AvgIpc) is 2.35. The summed E-state index contributed by atoms with van der Waals surface area (Å²) in [7, 11) is -2.25. The van der Waals surface area contributed by atoms with Gasteiger partial charge in [-0.1, -0.05) is 24.3 Å². The van der Waals surface area contributed by atoms with Crippen LogP contribution < -0.4 is 4.72 Å². The van der Waals surface area contributed by atoms with E-state index in [1.807, 2.05) is 19.1 Å². The van der Waals surface area contributed by atoms with Crippen LogP contribution in [0.15, 0.2) is 24.3 Å². The summed E-state index contributed by atoms with van der Waals surface area (Å²) >= 11 is 0. The quantitative estimate of drug-likeness (QED) is 0.819. The van der Waals surface area contributed by atoms with E-state index in [2.05, 4.69) is 4.72 Å². The summed E-state index contributed by atoms with van der Waals surface area (Å²) in [5.41, 5.74) is 0.0751. The van der Waals surface area contributed by atoms with Crippen LogP contribution in [-0.2, 0) is 25.3 Å². The molecule has 1 aromatic carbocycles. The van der Waals surface area contributed by atoms with Crippen molar-refractivity contribution >= 4 is 16.0 Å². The Bertz CT molecular complexity index is 635. The average molecular weight is 313 g/mol. The van der Waals surface area contributed by atoms with E-state index in [4.69, 9.17) is 4.74 Å². The minimum Gasteiger partial charge on any atom is -0.480 e. The second kappa shape index (κ2) is 5.75. The third-order valence-electron chi connectivity index (χ3n) is 3.85. The first-order valence-electron chi connectivity index (χ1n) is 6.60. The lowest BCUT2D eigenvalue weighted by atomic mass is 9.75. The molecule has 0 heterocycles. The second-order valence-electron chi connectivity index (χ2n) is 5.44. The first kappa shape index (κ1) is 15.9. The minimum atomic E-state index is -3.74. The van der Waals surface area contributed by atoms with Crippen molar-refractivity contribution < 1.29 is 23.1 Å². The highest BCUT2D eigenvalue weighted by molar-refractivity contribution is 7.88. The zero-order valence-electron chi connectivity index (χ0n) is 12.0. The first-order valence-corrected chi connectivity index (χ1v) is 8.25. The normalized spacial score (nSPS) is 25.3. The van der Waals surface area contributed by atoms with E-state index >= 15 is 0 Å². The first-order chi connectivity index (χ1) is 9.78. The molecule has 1 aromatic rings. The van der Waals surface area contributed by atoms with E-state index in [1.54, 1.807) is 12.1 Å². The van der Waals surface area contributed by atoms with Gasteiger partial charge in [-0.05, 0) is 18.1 Å². The van der Waals surface area contributed by atoms with Crippen LogP contribution in [0.25, 0.3) is 0 Å². The Hall–Kier alpha value is -1.44. The Balaban J connectivity index is 2.14. The van der Waals surface area contributed by atoms with Crippen LogP contribution in [0.4, 0.5) is 0 Å². The van der Waals surface area contributed by atoms with Crippen molar-refractivity contribution in [3.8, 4) is 0 Å². The molecule has 116 valence electrons. The van der Waals surface area contributed by atoms with E-state index in [0.717, 1.165) is 5.56 Å².